The van der Waals surface area contributed by atoms with Crippen LogP contribution in [0.3, 0.4) is 0 Å². The molecule has 10 nitrogen and oxygen atoms in total. The predicted octanol–water partition coefficient (Wildman–Crippen LogP) is 4.21. The largest absolute Gasteiger partial charge is 0.494 e. The molecular weight excluding hydrogens is 590 g/mol. The van der Waals surface area contributed by atoms with Crippen molar-refractivity contribution in [2.45, 2.75) is 43.9 Å². The maximum atomic E-state index is 14.1. The molecule has 2 atom stereocenters. The van der Waals surface area contributed by atoms with E-state index in [4.69, 9.17) is 4.74 Å². The Morgan fingerprint density at radius 2 is 1.71 bits per heavy atom. The van der Waals surface area contributed by atoms with E-state index in [2.05, 4.69) is 21.1 Å². The fourth-order valence-electron chi connectivity index (χ4n) is 5.47. The number of nitriles is 1. The van der Waals surface area contributed by atoms with Gasteiger partial charge in [-0.05, 0) is 67.3 Å². The number of amides is 2. The summed E-state index contributed by atoms with van der Waals surface area (Å²) >= 11 is 0. The van der Waals surface area contributed by atoms with Crippen LogP contribution < -0.4 is 14.8 Å². The lowest BCUT2D eigenvalue weighted by Crippen LogP contribution is -2.53. The molecule has 0 aliphatic carbocycles. The number of sulfonamides is 1. The first-order valence-corrected chi connectivity index (χ1v) is 16.5. The Bertz CT molecular complexity index is 1810. The molecule has 1 fully saturated rings. The van der Waals surface area contributed by atoms with Gasteiger partial charge in [0.25, 0.3) is 0 Å². The van der Waals surface area contributed by atoms with Gasteiger partial charge in [0.05, 0.1) is 29.4 Å². The van der Waals surface area contributed by atoms with Crippen molar-refractivity contribution in [3.8, 4) is 11.8 Å². The molecule has 1 aromatic heterocycles. The average Bonchev–Trinajstić information content (AvgIpc) is 3.59. The SMILES string of the molecule is CCOc1cccc(CC(C(=O)NC(Cc2ccc(C#N)cc2)C(=O)N2CCCC2)S(=O)(=O)Nc2cccc3cccnc23)c1. The predicted molar refractivity (Wildman–Crippen MR) is 172 cm³/mol. The van der Waals surface area contributed by atoms with Crippen LogP contribution in [0.15, 0.2) is 85.1 Å². The maximum Gasteiger partial charge on any atom is 0.245 e. The van der Waals surface area contributed by atoms with Crippen molar-refractivity contribution in [3.05, 3.63) is 102 Å². The lowest BCUT2D eigenvalue weighted by Gasteiger charge is -2.26. The second kappa shape index (κ2) is 14.2. The van der Waals surface area contributed by atoms with Gasteiger partial charge in [-0.15, -0.1) is 0 Å². The molecule has 232 valence electrons. The van der Waals surface area contributed by atoms with Gasteiger partial charge in [-0.25, -0.2) is 8.42 Å². The number of pyridine rings is 1. The van der Waals surface area contributed by atoms with Crippen molar-refractivity contribution in [1.29, 1.82) is 5.26 Å². The molecule has 2 N–H and O–H groups in total. The van der Waals surface area contributed by atoms with E-state index >= 15 is 0 Å². The molecule has 3 aromatic carbocycles. The molecule has 0 radical (unpaired) electrons. The number of anilines is 1. The molecule has 2 heterocycles. The third-order valence-corrected chi connectivity index (χ3v) is 9.37. The van der Waals surface area contributed by atoms with Crippen LogP contribution in [0.25, 0.3) is 10.9 Å². The summed E-state index contributed by atoms with van der Waals surface area (Å²) in [5.74, 6) is -0.518. The van der Waals surface area contributed by atoms with Crippen molar-refractivity contribution >= 4 is 38.4 Å². The molecule has 0 spiro atoms. The van der Waals surface area contributed by atoms with E-state index in [0.717, 1.165) is 23.8 Å². The fraction of sp³-hybridized carbons (Fsp3) is 0.294. The zero-order chi connectivity index (χ0) is 31.8. The molecule has 2 amide bonds. The Balaban J connectivity index is 1.48. The molecule has 0 bridgehead atoms. The monoisotopic (exact) mass is 625 g/mol. The van der Waals surface area contributed by atoms with Crippen molar-refractivity contribution in [2.24, 2.45) is 0 Å². The number of hydrogen-bond donors (Lipinski definition) is 2. The maximum absolute atomic E-state index is 14.1. The van der Waals surface area contributed by atoms with Crippen LogP contribution in [0.1, 0.15) is 36.5 Å². The number of benzene rings is 3. The van der Waals surface area contributed by atoms with E-state index in [0.29, 0.717) is 42.1 Å². The first-order chi connectivity index (χ1) is 21.8. The fourth-order valence-corrected chi connectivity index (χ4v) is 6.85. The van der Waals surface area contributed by atoms with Gasteiger partial charge in [0, 0.05) is 37.5 Å². The minimum atomic E-state index is -4.37. The molecule has 5 rings (SSSR count). The van der Waals surface area contributed by atoms with Crippen LogP contribution >= 0.6 is 0 Å². The highest BCUT2D eigenvalue weighted by Gasteiger charge is 2.37. The number of aromatic nitrogens is 1. The van der Waals surface area contributed by atoms with Gasteiger partial charge >= 0.3 is 0 Å². The summed E-state index contributed by atoms with van der Waals surface area (Å²) in [5, 5.41) is 11.1. The molecule has 1 aliphatic rings. The van der Waals surface area contributed by atoms with Crippen LogP contribution in [-0.4, -0.2) is 61.1 Å². The zero-order valence-electron chi connectivity index (χ0n) is 25.0. The first kappa shape index (κ1) is 31.5. The highest BCUT2D eigenvalue weighted by atomic mass is 32.2. The van der Waals surface area contributed by atoms with E-state index in [9.17, 15) is 23.3 Å². The summed E-state index contributed by atoms with van der Waals surface area (Å²) in [6, 6.07) is 23.5. The molecule has 11 heteroatoms. The number of ether oxygens (including phenoxy) is 1. The number of carbonyl (C=O) groups is 2. The standard InChI is InChI=1S/C34H35N5O5S/c1-2-44-28-11-5-8-26(20-28)22-31(45(42,43)38-29-12-6-9-27-10-7-17-36-32(27)29)33(40)37-30(34(41)39-18-3-4-19-39)21-24-13-15-25(23-35)16-14-24/h5-17,20,30-31,38H,2-4,18-19,21-22H2,1H3,(H,37,40). The number of fused-ring (bicyclic) bond motifs is 1. The number of likely N-dealkylation sites (tertiary alicyclic amines) is 1. The molecular formula is C34H35N5O5S. The van der Waals surface area contributed by atoms with E-state index in [1.54, 1.807) is 77.8 Å². The average molecular weight is 626 g/mol. The van der Waals surface area contributed by atoms with Crippen molar-refractivity contribution < 1.29 is 22.7 Å². The number of rotatable bonds is 12. The minimum Gasteiger partial charge on any atom is -0.494 e. The van der Waals surface area contributed by atoms with Crippen molar-refractivity contribution in [1.82, 2.24) is 15.2 Å². The Labute approximate surface area is 263 Å². The molecule has 1 aliphatic heterocycles. The van der Waals surface area contributed by atoms with Gasteiger partial charge in [0.2, 0.25) is 21.8 Å². The molecule has 1 saturated heterocycles. The Morgan fingerprint density at radius 1 is 0.978 bits per heavy atom. The summed E-state index contributed by atoms with van der Waals surface area (Å²) in [6.07, 6.45) is 3.27. The highest BCUT2D eigenvalue weighted by Crippen LogP contribution is 2.25. The van der Waals surface area contributed by atoms with E-state index < -0.39 is 27.2 Å². The van der Waals surface area contributed by atoms with Gasteiger partial charge in [-0.1, -0.05) is 42.5 Å². The van der Waals surface area contributed by atoms with Crippen molar-refractivity contribution in [3.63, 3.8) is 0 Å². The smallest absolute Gasteiger partial charge is 0.245 e. The van der Waals surface area contributed by atoms with Crippen LogP contribution in [0.4, 0.5) is 5.69 Å². The van der Waals surface area contributed by atoms with Gasteiger partial charge in [-0.3, -0.25) is 19.3 Å². The van der Waals surface area contributed by atoms with Crippen LogP contribution in [0, 0.1) is 11.3 Å². The van der Waals surface area contributed by atoms with Gasteiger partial charge in [-0.2, -0.15) is 5.26 Å². The first-order valence-electron chi connectivity index (χ1n) is 14.9. The molecule has 45 heavy (non-hydrogen) atoms. The number of para-hydroxylation sites is 1. The number of nitrogens with one attached hydrogen (secondary N) is 2. The van der Waals surface area contributed by atoms with Crippen LogP contribution in [-0.2, 0) is 32.5 Å². The number of nitrogens with zero attached hydrogens (tertiary/aromatic N) is 3. The van der Waals surface area contributed by atoms with Crippen LogP contribution in [0.2, 0.25) is 0 Å². The normalized spacial score (nSPS) is 14.4. The third kappa shape index (κ3) is 7.77. The number of hydrogen-bond acceptors (Lipinski definition) is 7. The molecule has 4 aromatic rings. The second-order valence-corrected chi connectivity index (χ2v) is 12.8. The summed E-state index contributed by atoms with van der Waals surface area (Å²) in [7, 11) is -4.37. The van der Waals surface area contributed by atoms with Crippen LogP contribution in [0.5, 0.6) is 5.75 Å². The molecule has 2 unspecified atom stereocenters. The third-order valence-electron chi connectivity index (χ3n) is 7.74. The van der Waals surface area contributed by atoms with E-state index in [-0.39, 0.29) is 24.4 Å². The Morgan fingerprint density at radius 3 is 2.44 bits per heavy atom. The summed E-state index contributed by atoms with van der Waals surface area (Å²) in [4.78, 5) is 33.8. The minimum absolute atomic E-state index is 0.139. The lowest BCUT2D eigenvalue weighted by molar-refractivity contribution is -0.135. The summed E-state index contributed by atoms with van der Waals surface area (Å²) in [6.45, 7) is 3.41. The van der Waals surface area contributed by atoms with Gasteiger partial charge in [0.1, 0.15) is 11.8 Å². The zero-order valence-corrected chi connectivity index (χ0v) is 25.8. The summed E-state index contributed by atoms with van der Waals surface area (Å²) in [5.41, 5.74) is 2.48. The topological polar surface area (TPSA) is 141 Å². The van der Waals surface area contributed by atoms with Crippen molar-refractivity contribution in [2.75, 3.05) is 24.4 Å². The number of carbonyl (C=O) groups excluding carboxylic acids is 2. The Kier molecular flexibility index (Phi) is 9.95. The molecule has 0 saturated carbocycles. The highest BCUT2D eigenvalue weighted by molar-refractivity contribution is 7.94. The second-order valence-electron chi connectivity index (χ2n) is 10.9. The van der Waals surface area contributed by atoms with Gasteiger partial charge < -0.3 is 15.0 Å². The van der Waals surface area contributed by atoms with Gasteiger partial charge in [0.15, 0.2) is 5.25 Å². The summed E-state index contributed by atoms with van der Waals surface area (Å²) < 4.78 is 36.4. The Hall–Kier alpha value is -4.95. The quantitative estimate of drug-likeness (QED) is 0.240. The van der Waals surface area contributed by atoms with E-state index in [1.807, 2.05) is 19.1 Å². The van der Waals surface area contributed by atoms with E-state index in [1.165, 1.54) is 0 Å². The lowest BCUT2D eigenvalue weighted by atomic mass is 10.0.